The van der Waals surface area contributed by atoms with Crippen LogP contribution in [-0.2, 0) is 13.0 Å². The summed E-state index contributed by atoms with van der Waals surface area (Å²) in [5, 5.41) is 3.14. The number of halogens is 1. The number of nitrogens with two attached hydrogens (primary N) is 1. The number of hydrogen-bond donors (Lipinski definition) is 2. The Morgan fingerprint density at radius 3 is 2.58 bits per heavy atom. The molecule has 2 heterocycles. The summed E-state index contributed by atoms with van der Waals surface area (Å²) in [6.45, 7) is 3.21. The van der Waals surface area contributed by atoms with Crippen molar-refractivity contribution in [1.82, 2.24) is 19.9 Å². The number of aryl methyl sites for hydroxylation is 1. The van der Waals surface area contributed by atoms with Crippen molar-refractivity contribution in [1.29, 1.82) is 0 Å². The average molecular weight is 462 g/mol. The van der Waals surface area contributed by atoms with E-state index in [0.29, 0.717) is 12.5 Å². The molecule has 0 aliphatic carbocycles. The molecule has 0 atom stereocenters. The third-order valence-electron chi connectivity index (χ3n) is 3.88. The van der Waals surface area contributed by atoms with Crippen molar-refractivity contribution in [3.05, 3.63) is 78.0 Å². The highest BCUT2D eigenvalue weighted by atomic mass is 127. The quantitative estimate of drug-likeness (QED) is 0.336. The van der Waals surface area contributed by atoms with Crippen molar-refractivity contribution in [2.75, 3.05) is 6.54 Å². The lowest BCUT2D eigenvalue weighted by Gasteiger charge is -2.07. The Morgan fingerprint density at radius 2 is 1.92 bits per heavy atom. The van der Waals surface area contributed by atoms with E-state index < -0.39 is 0 Å². The van der Waals surface area contributed by atoms with E-state index in [2.05, 4.69) is 32.4 Å². The zero-order valence-electron chi connectivity index (χ0n) is 14.7. The van der Waals surface area contributed by atoms with Crippen LogP contribution in [0.5, 0.6) is 0 Å². The van der Waals surface area contributed by atoms with E-state index in [1.54, 1.807) is 6.20 Å². The van der Waals surface area contributed by atoms with Crippen LogP contribution in [0.1, 0.15) is 17.0 Å². The Labute approximate surface area is 170 Å². The van der Waals surface area contributed by atoms with Crippen LogP contribution in [-0.4, -0.2) is 27.0 Å². The van der Waals surface area contributed by atoms with Crippen molar-refractivity contribution in [2.45, 2.75) is 19.9 Å². The van der Waals surface area contributed by atoms with Gasteiger partial charge in [-0.05, 0) is 30.5 Å². The molecule has 26 heavy (non-hydrogen) atoms. The summed E-state index contributed by atoms with van der Waals surface area (Å²) in [6.07, 6.45) is 6.38. The number of guanidine groups is 1. The summed E-state index contributed by atoms with van der Waals surface area (Å²) in [6, 6.07) is 14.2. The standard InChI is InChI=1S/C19H22N6.HI/c1-15-21-11-12-25(15)18-8-7-17(13-23-18)14-24-19(20)22-10-9-16-5-3-2-4-6-16;/h2-8,11-13H,9-10,14H2,1H3,(H3,20,22,24);1H. The lowest BCUT2D eigenvalue weighted by molar-refractivity contribution is 0.847. The molecule has 0 saturated heterocycles. The zero-order valence-corrected chi connectivity index (χ0v) is 17.0. The molecule has 0 fully saturated rings. The molecule has 3 rings (SSSR count). The van der Waals surface area contributed by atoms with Gasteiger partial charge < -0.3 is 11.1 Å². The number of imidazole rings is 1. The van der Waals surface area contributed by atoms with Gasteiger partial charge in [0.1, 0.15) is 11.6 Å². The maximum absolute atomic E-state index is 5.92. The fourth-order valence-corrected chi connectivity index (χ4v) is 2.48. The van der Waals surface area contributed by atoms with Gasteiger partial charge in [0.25, 0.3) is 0 Å². The molecule has 0 bridgehead atoms. The van der Waals surface area contributed by atoms with Crippen molar-refractivity contribution in [2.24, 2.45) is 10.7 Å². The molecule has 0 aliphatic rings. The van der Waals surface area contributed by atoms with Gasteiger partial charge in [0.05, 0.1) is 6.54 Å². The minimum absolute atomic E-state index is 0. The van der Waals surface area contributed by atoms with Crippen LogP contribution < -0.4 is 11.1 Å². The van der Waals surface area contributed by atoms with Crippen LogP contribution in [0.3, 0.4) is 0 Å². The molecule has 0 amide bonds. The normalized spacial score (nSPS) is 11.0. The van der Waals surface area contributed by atoms with Crippen LogP contribution in [0.25, 0.3) is 5.82 Å². The van der Waals surface area contributed by atoms with Crippen LogP contribution >= 0.6 is 24.0 Å². The third-order valence-corrected chi connectivity index (χ3v) is 3.88. The molecule has 3 N–H and O–H groups in total. The molecule has 0 aliphatic heterocycles. The maximum Gasteiger partial charge on any atom is 0.188 e. The lowest BCUT2D eigenvalue weighted by Crippen LogP contribution is -2.33. The number of aliphatic imine (C=N–C) groups is 1. The molecule has 1 aromatic carbocycles. The lowest BCUT2D eigenvalue weighted by atomic mass is 10.1. The number of hydrogen-bond acceptors (Lipinski definition) is 3. The van der Waals surface area contributed by atoms with E-state index in [1.165, 1.54) is 5.56 Å². The first-order valence-electron chi connectivity index (χ1n) is 8.25. The van der Waals surface area contributed by atoms with Gasteiger partial charge in [0.15, 0.2) is 5.96 Å². The van der Waals surface area contributed by atoms with E-state index in [-0.39, 0.29) is 24.0 Å². The van der Waals surface area contributed by atoms with Gasteiger partial charge in [0, 0.05) is 25.1 Å². The van der Waals surface area contributed by atoms with Gasteiger partial charge in [-0.2, -0.15) is 0 Å². The molecule has 136 valence electrons. The van der Waals surface area contributed by atoms with Crippen LogP contribution in [0, 0.1) is 6.92 Å². The fourth-order valence-electron chi connectivity index (χ4n) is 2.48. The molecule has 0 unspecified atom stereocenters. The number of nitrogens with zero attached hydrogens (tertiary/aromatic N) is 4. The predicted octanol–water partition coefficient (Wildman–Crippen LogP) is 2.84. The number of rotatable bonds is 6. The topological polar surface area (TPSA) is 81.1 Å². The van der Waals surface area contributed by atoms with E-state index in [1.807, 2.05) is 54.2 Å². The van der Waals surface area contributed by atoms with Gasteiger partial charge in [0.2, 0.25) is 0 Å². The molecule has 2 aromatic heterocycles. The summed E-state index contributed by atoms with van der Waals surface area (Å²) < 4.78 is 1.94. The second kappa shape index (κ2) is 9.91. The second-order valence-electron chi connectivity index (χ2n) is 5.73. The third kappa shape index (κ3) is 5.55. The largest absolute Gasteiger partial charge is 0.370 e. The highest BCUT2D eigenvalue weighted by molar-refractivity contribution is 14.0. The first-order valence-corrected chi connectivity index (χ1v) is 8.25. The van der Waals surface area contributed by atoms with Crippen molar-refractivity contribution in [3.63, 3.8) is 0 Å². The Kier molecular flexibility index (Phi) is 7.58. The summed E-state index contributed by atoms with van der Waals surface area (Å²) in [5.41, 5.74) is 8.20. The SMILES string of the molecule is Cc1nccn1-c1ccc(CN=C(N)NCCc2ccccc2)cn1.I. The summed E-state index contributed by atoms with van der Waals surface area (Å²) in [4.78, 5) is 13.0. The average Bonchev–Trinajstić information content (AvgIpc) is 3.07. The van der Waals surface area contributed by atoms with E-state index in [9.17, 15) is 0 Å². The molecule has 0 radical (unpaired) electrons. The minimum Gasteiger partial charge on any atom is -0.370 e. The van der Waals surface area contributed by atoms with Gasteiger partial charge >= 0.3 is 0 Å². The predicted molar refractivity (Wildman–Crippen MR) is 115 cm³/mol. The number of aromatic nitrogens is 3. The highest BCUT2D eigenvalue weighted by Crippen LogP contribution is 2.08. The number of nitrogens with one attached hydrogen (secondary N) is 1. The van der Waals surface area contributed by atoms with Crippen molar-refractivity contribution >= 4 is 29.9 Å². The van der Waals surface area contributed by atoms with Gasteiger partial charge in [-0.3, -0.25) is 4.57 Å². The van der Waals surface area contributed by atoms with Crippen molar-refractivity contribution in [3.8, 4) is 5.82 Å². The summed E-state index contributed by atoms with van der Waals surface area (Å²) >= 11 is 0. The minimum atomic E-state index is 0. The van der Waals surface area contributed by atoms with E-state index >= 15 is 0 Å². The van der Waals surface area contributed by atoms with Gasteiger partial charge in [-0.1, -0.05) is 36.4 Å². The number of benzene rings is 1. The van der Waals surface area contributed by atoms with E-state index in [0.717, 1.165) is 30.2 Å². The number of pyridine rings is 1. The molecule has 7 heteroatoms. The summed E-state index contributed by atoms with van der Waals surface area (Å²) in [5.74, 6) is 2.20. The van der Waals surface area contributed by atoms with Crippen LogP contribution in [0.4, 0.5) is 0 Å². The monoisotopic (exact) mass is 462 g/mol. The first-order chi connectivity index (χ1) is 12.2. The van der Waals surface area contributed by atoms with Gasteiger partial charge in [-0.15, -0.1) is 24.0 Å². The Balaban J connectivity index is 0.00000243. The first kappa shape index (κ1) is 19.9. The molecular formula is C19H23IN6. The smallest absolute Gasteiger partial charge is 0.188 e. The fraction of sp³-hybridized carbons (Fsp3) is 0.211. The molecule has 0 saturated carbocycles. The molecule has 6 nitrogen and oxygen atoms in total. The maximum atomic E-state index is 5.92. The van der Waals surface area contributed by atoms with E-state index in [4.69, 9.17) is 5.73 Å². The Hall–Kier alpha value is -2.42. The summed E-state index contributed by atoms with van der Waals surface area (Å²) in [7, 11) is 0. The van der Waals surface area contributed by atoms with Crippen molar-refractivity contribution < 1.29 is 0 Å². The zero-order chi connectivity index (χ0) is 17.5. The highest BCUT2D eigenvalue weighted by Gasteiger charge is 2.02. The molecular weight excluding hydrogens is 439 g/mol. The Morgan fingerprint density at radius 1 is 1.12 bits per heavy atom. The molecule has 0 spiro atoms. The van der Waals surface area contributed by atoms with Crippen LogP contribution in [0.2, 0.25) is 0 Å². The van der Waals surface area contributed by atoms with Gasteiger partial charge in [-0.25, -0.2) is 15.0 Å². The van der Waals surface area contributed by atoms with Crippen LogP contribution in [0.15, 0.2) is 66.0 Å². The second-order valence-corrected chi connectivity index (χ2v) is 5.73. The molecule has 3 aromatic rings. The Bertz CT molecular complexity index is 827.